The summed E-state index contributed by atoms with van der Waals surface area (Å²) in [6.45, 7) is 5.13. The molecule has 2 heterocycles. The minimum atomic E-state index is -1.04. The Morgan fingerprint density at radius 1 is 1.19 bits per heavy atom. The Hall–Kier alpha value is -1.47. The SMILES string of the molecule is CC(=O)C1C(=O)C(=O)N(CCN2CCOCC2)[C@H]1c1ccc(Cl)cc1Cl. The van der Waals surface area contributed by atoms with Crippen molar-refractivity contribution >= 4 is 40.7 Å². The molecule has 1 aromatic rings. The predicted octanol–water partition coefficient (Wildman–Crippen LogP) is 1.98. The van der Waals surface area contributed by atoms with Crippen molar-refractivity contribution in [2.24, 2.45) is 5.92 Å². The molecule has 0 spiro atoms. The molecule has 2 aliphatic rings. The quantitative estimate of drug-likeness (QED) is 0.560. The van der Waals surface area contributed by atoms with Crippen LogP contribution in [0.3, 0.4) is 0 Å². The minimum Gasteiger partial charge on any atom is -0.379 e. The first kappa shape index (κ1) is 19.3. The zero-order valence-electron chi connectivity index (χ0n) is 14.4. The fourth-order valence-corrected chi connectivity index (χ4v) is 4.05. The molecule has 0 saturated carbocycles. The highest BCUT2D eigenvalue weighted by atomic mass is 35.5. The molecule has 0 aromatic heterocycles. The second-order valence-corrected chi connectivity index (χ2v) is 7.36. The van der Waals surface area contributed by atoms with E-state index < -0.39 is 23.7 Å². The van der Waals surface area contributed by atoms with Crippen LogP contribution in [-0.4, -0.2) is 66.7 Å². The maximum atomic E-state index is 12.6. The van der Waals surface area contributed by atoms with Crippen molar-refractivity contribution in [2.45, 2.75) is 13.0 Å². The number of amides is 1. The summed E-state index contributed by atoms with van der Waals surface area (Å²) >= 11 is 12.3. The summed E-state index contributed by atoms with van der Waals surface area (Å²) in [7, 11) is 0. The van der Waals surface area contributed by atoms with Gasteiger partial charge in [-0.1, -0.05) is 29.3 Å². The molecule has 0 N–H and O–H groups in total. The molecule has 2 atom stereocenters. The van der Waals surface area contributed by atoms with E-state index in [9.17, 15) is 14.4 Å². The first-order valence-corrected chi connectivity index (χ1v) is 9.26. The first-order valence-electron chi connectivity index (χ1n) is 8.50. The molecule has 140 valence electrons. The van der Waals surface area contributed by atoms with Crippen molar-refractivity contribution in [1.82, 2.24) is 9.80 Å². The van der Waals surface area contributed by atoms with Gasteiger partial charge in [-0.15, -0.1) is 0 Å². The van der Waals surface area contributed by atoms with E-state index in [1.54, 1.807) is 18.2 Å². The Morgan fingerprint density at radius 3 is 2.50 bits per heavy atom. The second kappa shape index (κ2) is 8.05. The van der Waals surface area contributed by atoms with Crippen molar-refractivity contribution in [1.29, 1.82) is 0 Å². The number of rotatable bonds is 5. The van der Waals surface area contributed by atoms with Crippen molar-refractivity contribution in [3.63, 3.8) is 0 Å². The lowest BCUT2D eigenvalue weighted by atomic mass is 9.90. The fourth-order valence-electron chi connectivity index (χ4n) is 3.53. The lowest BCUT2D eigenvalue weighted by molar-refractivity contribution is -0.142. The monoisotopic (exact) mass is 398 g/mol. The molecule has 1 aromatic carbocycles. The van der Waals surface area contributed by atoms with Gasteiger partial charge in [-0.2, -0.15) is 0 Å². The Morgan fingerprint density at radius 2 is 1.88 bits per heavy atom. The van der Waals surface area contributed by atoms with Gasteiger partial charge in [0.05, 0.1) is 19.3 Å². The number of carbonyl (C=O) groups is 3. The number of morpholine rings is 1. The van der Waals surface area contributed by atoms with Gasteiger partial charge in [-0.25, -0.2) is 0 Å². The second-order valence-electron chi connectivity index (χ2n) is 6.52. The molecule has 6 nitrogen and oxygen atoms in total. The molecule has 1 amide bonds. The smallest absolute Gasteiger partial charge is 0.291 e. The van der Waals surface area contributed by atoms with Crippen LogP contribution in [0.5, 0.6) is 0 Å². The molecule has 0 aliphatic carbocycles. The lowest BCUT2D eigenvalue weighted by Gasteiger charge is -2.32. The van der Waals surface area contributed by atoms with Gasteiger partial charge in [0.15, 0.2) is 0 Å². The van der Waals surface area contributed by atoms with Crippen LogP contribution in [0.15, 0.2) is 18.2 Å². The van der Waals surface area contributed by atoms with Crippen LogP contribution in [0.4, 0.5) is 0 Å². The number of Topliss-reactive ketones (excluding diaryl/α,β-unsaturated/α-hetero) is 2. The average molecular weight is 399 g/mol. The number of hydrogen-bond donors (Lipinski definition) is 0. The van der Waals surface area contributed by atoms with Gasteiger partial charge < -0.3 is 9.64 Å². The molecule has 2 saturated heterocycles. The van der Waals surface area contributed by atoms with E-state index in [-0.39, 0.29) is 5.78 Å². The molecule has 2 aliphatic heterocycles. The summed E-state index contributed by atoms with van der Waals surface area (Å²) in [6.07, 6.45) is 0. The molecule has 1 unspecified atom stereocenters. The molecule has 0 bridgehead atoms. The van der Waals surface area contributed by atoms with E-state index in [4.69, 9.17) is 27.9 Å². The number of likely N-dealkylation sites (tertiary alicyclic amines) is 1. The zero-order valence-corrected chi connectivity index (χ0v) is 15.9. The number of benzene rings is 1. The minimum absolute atomic E-state index is 0.340. The largest absolute Gasteiger partial charge is 0.379 e. The third-order valence-corrected chi connectivity index (χ3v) is 5.45. The van der Waals surface area contributed by atoms with E-state index in [1.807, 2.05) is 0 Å². The number of halogens is 2. The molecule has 3 rings (SSSR count). The summed E-state index contributed by atoms with van der Waals surface area (Å²) < 4.78 is 5.32. The van der Waals surface area contributed by atoms with Crippen LogP contribution in [0.25, 0.3) is 0 Å². The number of ether oxygens (including phenoxy) is 1. The highest BCUT2D eigenvalue weighted by molar-refractivity contribution is 6.43. The fraction of sp³-hybridized carbons (Fsp3) is 0.500. The first-order chi connectivity index (χ1) is 12.4. The molecule has 0 radical (unpaired) electrons. The summed E-state index contributed by atoms with van der Waals surface area (Å²) in [5, 5.41) is 0.793. The standard InChI is InChI=1S/C18H20Cl2N2O4/c1-11(23)15-16(13-3-2-12(19)10-14(13)20)22(18(25)17(15)24)5-4-21-6-8-26-9-7-21/h2-3,10,15-16H,4-9H2,1H3/t15?,16-/m0/s1. The van der Waals surface area contributed by atoms with Gasteiger partial charge in [0.25, 0.3) is 5.91 Å². The highest BCUT2D eigenvalue weighted by Gasteiger charge is 2.50. The van der Waals surface area contributed by atoms with Gasteiger partial charge in [-0.3, -0.25) is 19.3 Å². The van der Waals surface area contributed by atoms with Crippen LogP contribution < -0.4 is 0 Å². The number of carbonyl (C=O) groups excluding carboxylic acids is 3. The third-order valence-electron chi connectivity index (χ3n) is 4.89. The zero-order chi connectivity index (χ0) is 18.8. The summed E-state index contributed by atoms with van der Waals surface area (Å²) in [6, 6.07) is 4.19. The van der Waals surface area contributed by atoms with Crippen LogP contribution in [0.2, 0.25) is 10.0 Å². The van der Waals surface area contributed by atoms with Gasteiger partial charge in [-0.05, 0) is 24.6 Å². The Balaban J connectivity index is 1.89. The maximum absolute atomic E-state index is 12.6. The lowest BCUT2D eigenvalue weighted by Crippen LogP contribution is -2.42. The van der Waals surface area contributed by atoms with Crippen molar-refractivity contribution in [2.75, 3.05) is 39.4 Å². The Kier molecular flexibility index (Phi) is 5.97. The molecule has 2 fully saturated rings. The highest BCUT2D eigenvalue weighted by Crippen LogP contribution is 2.40. The summed E-state index contributed by atoms with van der Waals surface area (Å²) in [5.74, 6) is -2.68. The van der Waals surface area contributed by atoms with Crippen molar-refractivity contribution < 1.29 is 19.1 Å². The molecule has 8 heteroatoms. The van der Waals surface area contributed by atoms with Crippen LogP contribution in [0, 0.1) is 5.92 Å². The average Bonchev–Trinajstić information content (AvgIpc) is 2.85. The van der Waals surface area contributed by atoms with Gasteiger partial charge in [0.2, 0.25) is 5.78 Å². The normalized spacial score (nSPS) is 24.3. The molecule has 26 heavy (non-hydrogen) atoms. The van der Waals surface area contributed by atoms with Crippen LogP contribution in [-0.2, 0) is 19.1 Å². The molecular weight excluding hydrogens is 379 g/mol. The van der Waals surface area contributed by atoms with Crippen molar-refractivity contribution in [3.8, 4) is 0 Å². The predicted molar refractivity (Wildman–Crippen MR) is 97.4 cm³/mol. The summed E-state index contributed by atoms with van der Waals surface area (Å²) in [4.78, 5) is 40.8. The topological polar surface area (TPSA) is 66.9 Å². The van der Waals surface area contributed by atoms with Gasteiger partial charge in [0.1, 0.15) is 11.7 Å². The van der Waals surface area contributed by atoms with Gasteiger partial charge in [0, 0.05) is 36.2 Å². The summed E-state index contributed by atoms with van der Waals surface area (Å²) in [5.41, 5.74) is 0.567. The van der Waals surface area contributed by atoms with E-state index in [0.29, 0.717) is 41.9 Å². The maximum Gasteiger partial charge on any atom is 0.291 e. The number of ketones is 2. The van der Waals surface area contributed by atoms with Crippen molar-refractivity contribution in [3.05, 3.63) is 33.8 Å². The van der Waals surface area contributed by atoms with E-state index in [1.165, 1.54) is 11.8 Å². The van der Waals surface area contributed by atoms with Crippen LogP contribution >= 0.6 is 23.2 Å². The van der Waals surface area contributed by atoms with E-state index in [2.05, 4.69) is 4.90 Å². The number of hydrogen-bond acceptors (Lipinski definition) is 5. The van der Waals surface area contributed by atoms with E-state index >= 15 is 0 Å². The third kappa shape index (κ3) is 3.78. The van der Waals surface area contributed by atoms with Crippen LogP contribution in [0.1, 0.15) is 18.5 Å². The number of nitrogens with zero attached hydrogens (tertiary/aromatic N) is 2. The Labute approximate surface area is 162 Å². The van der Waals surface area contributed by atoms with E-state index in [0.717, 1.165) is 13.1 Å². The molecular formula is C18H20Cl2N2O4. The Bertz CT molecular complexity index is 734. The van der Waals surface area contributed by atoms with Gasteiger partial charge >= 0.3 is 0 Å².